The van der Waals surface area contributed by atoms with Gasteiger partial charge in [0.25, 0.3) is 5.91 Å². The summed E-state index contributed by atoms with van der Waals surface area (Å²) in [6.45, 7) is 2.45. The number of nitrogens with one attached hydrogen (secondary N) is 1. The first-order valence-corrected chi connectivity index (χ1v) is 6.25. The molecule has 0 aliphatic carbocycles. The first-order chi connectivity index (χ1) is 9.32. The van der Waals surface area contributed by atoms with Gasteiger partial charge in [0, 0.05) is 13.6 Å². The zero-order chi connectivity index (χ0) is 15.3. The second-order valence-electron chi connectivity index (χ2n) is 4.45. The van der Waals surface area contributed by atoms with Crippen LogP contribution in [0.15, 0.2) is 18.2 Å². The number of nitrogens with zero attached hydrogens (tertiary/aromatic N) is 1. The van der Waals surface area contributed by atoms with Crippen LogP contribution in [0.1, 0.15) is 35.7 Å². The summed E-state index contributed by atoms with van der Waals surface area (Å²) in [6.07, 6.45) is -2.89. The van der Waals surface area contributed by atoms with Gasteiger partial charge in [0.15, 0.2) is 0 Å². The zero-order valence-corrected chi connectivity index (χ0v) is 11.4. The number of benzene rings is 1. The van der Waals surface area contributed by atoms with Gasteiger partial charge in [-0.3, -0.25) is 10.6 Å². The van der Waals surface area contributed by atoms with Gasteiger partial charge in [-0.05, 0) is 18.6 Å². The number of alkyl halides is 3. The predicted octanol–water partition coefficient (Wildman–Crippen LogP) is 2.86. The molecule has 0 radical (unpaired) electrons. The van der Waals surface area contributed by atoms with Gasteiger partial charge >= 0.3 is 6.18 Å². The number of halogens is 3. The van der Waals surface area contributed by atoms with Crippen LogP contribution in [0.4, 0.5) is 18.9 Å². The molecule has 0 bridgehead atoms. The summed E-state index contributed by atoms with van der Waals surface area (Å²) in [5.74, 6) is 4.68. The number of anilines is 1. The number of hydrogen-bond donors (Lipinski definition) is 2. The molecule has 4 nitrogen and oxygen atoms in total. The second-order valence-corrected chi connectivity index (χ2v) is 4.45. The van der Waals surface area contributed by atoms with Crippen molar-refractivity contribution in [2.75, 3.05) is 19.0 Å². The van der Waals surface area contributed by atoms with Crippen LogP contribution in [-0.4, -0.2) is 24.4 Å². The van der Waals surface area contributed by atoms with Gasteiger partial charge in [-0.1, -0.05) is 19.4 Å². The molecule has 1 aromatic rings. The quantitative estimate of drug-likeness (QED) is 0.647. The number of para-hydroxylation sites is 1. The molecule has 0 saturated heterocycles. The zero-order valence-electron chi connectivity index (χ0n) is 11.4. The molecule has 1 aromatic carbocycles. The lowest BCUT2D eigenvalue weighted by Gasteiger charge is -2.20. The van der Waals surface area contributed by atoms with E-state index in [1.54, 1.807) is 7.05 Å². The molecule has 0 heterocycles. The summed E-state index contributed by atoms with van der Waals surface area (Å²) in [6, 6.07) is 3.41. The van der Waals surface area contributed by atoms with Crippen molar-refractivity contribution in [2.45, 2.75) is 25.9 Å². The van der Waals surface area contributed by atoms with Crippen molar-refractivity contribution in [3.05, 3.63) is 29.3 Å². The Morgan fingerprint density at radius 2 is 2.05 bits per heavy atom. The summed E-state index contributed by atoms with van der Waals surface area (Å²) in [7, 11) is 1.55. The van der Waals surface area contributed by atoms with E-state index in [0.717, 1.165) is 18.9 Å². The number of rotatable bonds is 5. The maximum absolute atomic E-state index is 12.9. The fraction of sp³-hybridized carbons (Fsp3) is 0.462. The predicted molar refractivity (Wildman–Crippen MR) is 71.1 cm³/mol. The minimum absolute atomic E-state index is 0.0825. The molecule has 0 unspecified atom stereocenters. The van der Waals surface area contributed by atoms with Crippen LogP contribution in [-0.2, 0) is 6.18 Å². The highest BCUT2D eigenvalue weighted by Gasteiger charge is 2.35. The van der Waals surface area contributed by atoms with Gasteiger partial charge in [-0.15, -0.1) is 0 Å². The molecule has 0 aliphatic rings. The van der Waals surface area contributed by atoms with E-state index in [0.29, 0.717) is 6.54 Å². The van der Waals surface area contributed by atoms with Crippen LogP contribution in [0, 0.1) is 0 Å². The largest absolute Gasteiger partial charge is 0.418 e. The molecule has 0 aromatic heterocycles. The van der Waals surface area contributed by atoms with E-state index in [4.69, 9.17) is 5.84 Å². The highest BCUT2D eigenvalue weighted by atomic mass is 19.4. The fourth-order valence-corrected chi connectivity index (χ4v) is 1.82. The van der Waals surface area contributed by atoms with Crippen LogP contribution >= 0.6 is 0 Å². The van der Waals surface area contributed by atoms with Crippen LogP contribution in [0.25, 0.3) is 0 Å². The van der Waals surface area contributed by atoms with E-state index in [1.807, 2.05) is 12.3 Å². The third-order valence-corrected chi connectivity index (χ3v) is 2.94. The molecular weight excluding hydrogens is 271 g/mol. The molecule has 0 spiro atoms. The summed E-state index contributed by atoms with van der Waals surface area (Å²) in [5.41, 5.74) is 0.568. The van der Waals surface area contributed by atoms with Crippen molar-refractivity contribution < 1.29 is 18.0 Å². The van der Waals surface area contributed by atoms with E-state index < -0.39 is 23.3 Å². The van der Waals surface area contributed by atoms with E-state index in [-0.39, 0.29) is 5.56 Å². The highest BCUT2D eigenvalue weighted by molar-refractivity contribution is 6.00. The number of amides is 1. The standard InChI is InChI=1S/C13H18F3N3O/c1-3-4-8-19(2)12(20)9-6-5-7-10(11(9)18-17)13(14,15)16/h5-7,18H,3-4,8,17H2,1-2H3. The lowest BCUT2D eigenvalue weighted by atomic mass is 10.1. The topological polar surface area (TPSA) is 58.4 Å². The normalized spacial score (nSPS) is 11.3. The average Bonchev–Trinajstić information content (AvgIpc) is 2.41. The molecule has 7 heteroatoms. The Morgan fingerprint density at radius 1 is 1.40 bits per heavy atom. The molecule has 0 atom stereocenters. The Bertz CT molecular complexity index is 474. The smallest absolute Gasteiger partial charge is 0.342 e. The Hall–Kier alpha value is -1.76. The van der Waals surface area contributed by atoms with Crippen molar-refractivity contribution in [3.8, 4) is 0 Å². The van der Waals surface area contributed by atoms with Crippen LogP contribution < -0.4 is 11.3 Å². The molecule has 0 fully saturated rings. The first-order valence-electron chi connectivity index (χ1n) is 6.25. The van der Waals surface area contributed by atoms with Gasteiger partial charge in [0.05, 0.1) is 16.8 Å². The monoisotopic (exact) mass is 289 g/mol. The summed E-state index contributed by atoms with van der Waals surface area (Å²) in [5, 5.41) is 0. The van der Waals surface area contributed by atoms with Crippen LogP contribution in [0.2, 0.25) is 0 Å². The molecule has 1 amide bonds. The maximum Gasteiger partial charge on any atom is 0.418 e. The third-order valence-electron chi connectivity index (χ3n) is 2.94. The number of unbranched alkanes of at least 4 members (excludes halogenated alkanes) is 1. The average molecular weight is 289 g/mol. The Kier molecular flexibility index (Phi) is 5.38. The molecular formula is C13H18F3N3O. The number of hydrogen-bond acceptors (Lipinski definition) is 3. The Labute approximate surface area is 115 Å². The van der Waals surface area contributed by atoms with E-state index in [9.17, 15) is 18.0 Å². The molecule has 3 N–H and O–H groups in total. The maximum atomic E-state index is 12.9. The summed E-state index contributed by atoms with van der Waals surface area (Å²) < 4.78 is 38.6. The van der Waals surface area contributed by atoms with Crippen molar-refractivity contribution in [2.24, 2.45) is 5.84 Å². The lowest BCUT2D eigenvalue weighted by molar-refractivity contribution is -0.137. The lowest BCUT2D eigenvalue weighted by Crippen LogP contribution is -2.29. The number of nitrogens with two attached hydrogens (primary N) is 1. The summed E-state index contributed by atoms with van der Waals surface area (Å²) in [4.78, 5) is 13.6. The molecule has 1 rings (SSSR count). The van der Waals surface area contributed by atoms with E-state index >= 15 is 0 Å². The van der Waals surface area contributed by atoms with Gasteiger partial charge in [0.2, 0.25) is 0 Å². The summed E-state index contributed by atoms with van der Waals surface area (Å²) >= 11 is 0. The number of nitrogen functional groups attached to an aromatic ring is 1. The van der Waals surface area contributed by atoms with E-state index in [1.165, 1.54) is 17.0 Å². The van der Waals surface area contributed by atoms with Crippen molar-refractivity contribution in [3.63, 3.8) is 0 Å². The molecule has 20 heavy (non-hydrogen) atoms. The van der Waals surface area contributed by atoms with Gasteiger partial charge in [-0.25, -0.2) is 0 Å². The fourth-order valence-electron chi connectivity index (χ4n) is 1.82. The van der Waals surface area contributed by atoms with Gasteiger partial charge in [-0.2, -0.15) is 13.2 Å². The Balaban J connectivity index is 3.15. The number of carbonyl (C=O) groups is 1. The third kappa shape index (κ3) is 3.63. The second kappa shape index (κ2) is 6.60. The Morgan fingerprint density at radius 3 is 2.55 bits per heavy atom. The van der Waals surface area contributed by atoms with Crippen LogP contribution in [0.3, 0.4) is 0 Å². The molecule has 112 valence electrons. The molecule has 0 saturated carbocycles. The van der Waals surface area contributed by atoms with Gasteiger partial charge < -0.3 is 10.3 Å². The first kappa shape index (κ1) is 16.3. The van der Waals surface area contributed by atoms with E-state index in [2.05, 4.69) is 0 Å². The van der Waals surface area contributed by atoms with Gasteiger partial charge in [0.1, 0.15) is 0 Å². The van der Waals surface area contributed by atoms with Crippen molar-refractivity contribution >= 4 is 11.6 Å². The minimum atomic E-state index is -4.57. The van der Waals surface area contributed by atoms with Crippen molar-refractivity contribution in [1.82, 2.24) is 4.90 Å². The number of carbonyl (C=O) groups excluding carboxylic acids is 1. The minimum Gasteiger partial charge on any atom is -0.342 e. The van der Waals surface area contributed by atoms with Crippen LogP contribution in [0.5, 0.6) is 0 Å². The molecule has 0 aliphatic heterocycles. The highest BCUT2D eigenvalue weighted by Crippen LogP contribution is 2.36. The SMILES string of the molecule is CCCCN(C)C(=O)c1cccc(C(F)(F)F)c1NN. The number of hydrazine groups is 1. The van der Waals surface area contributed by atoms with Crippen molar-refractivity contribution in [1.29, 1.82) is 0 Å².